The standard InChI is InChI=1S/C25H23ClF6N4O5/c26-16-8-5-14(6-9-16)21-34-36(23(40)35(21)12-20(38)25(30,31)32)11-17(37)10-7-15(13-41-22(33)39)18-3-1-2-4-19(18)24(27,28)29/h1-6,8-9,15,20,38H,7,10-13H2,(H2,33,39)/t15?,20-/m0/s1. The average Bonchev–Trinajstić information content (AvgIpc) is 3.18. The van der Waals surface area contributed by atoms with Gasteiger partial charge >= 0.3 is 24.1 Å². The van der Waals surface area contributed by atoms with Gasteiger partial charge in [-0.3, -0.25) is 9.36 Å². The molecule has 0 bridgehead atoms. The number of aliphatic hydroxyl groups excluding tert-OH is 1. The van der Waals surface area contributed by atoms with E-state index in [2.05, 4.69) is 5.10 Å². The van der Waals surface area contributed by atoms with E-state index in [0.717, 1.165) is 6.07 Å². The Balaban J connectivity index is 1.87. The minimum absolute atomic E-state index is 0.166. The van der Waals surface area contributed by atoms with Gasteiger partial charge in [0.05, 0.1) is 12.1 Å². The van der Waals surface area contributed by atoms with E-state index in [1.165, 1.54) is 42.5 Å². The summed E-state index contributed by atoms with van der Waals surface area (Å²) in [7, 11) is 0. The zero-order valence-electron chi connectivity index (χ0n) is 21.0. The van der Waals surface area contributed by atoms with Gasteiger partial charge in [0.15, 0.2) is 17.7 Å². The van der Waals surface area contributed by atoms with Gasteiger partial charge in [-0.2, -0.15) is 26.3 Å². The first kappa shape index (κ1) is 31.7. The Kier molecular flexibility index (Phi) is 9.86. The minimum atomic E-state index is -5.05. The molecule has 0 saturated heterocycles. The third-order valence-electron chi connectivity index (χ3n) is 5.99. The number of hydrogen-bond donors (Lipinski definition) is 2. The van der Waals surface area contributed by atoms with E-state index in [-0.39, 0.29) is 28.4 Å². The maximum absolute atomic E-state index is 13.6. The Morgan fingerprint density at radius 2 is 1.68 bits per heavy atom. The number of carbonyl (C=O) groups excluding carboxylic acids is 2. The number of nitrogens with two attached hydrogens (primary N) is 1. The number of aromatic nitrogens is 3. The number of Topliss-reactive ketones (excluding diaryl/α,β-unsaturated/α-hetero) is 1. The number of aliphatic hydroxyl groups is 1. The highest BCUT2D eigenvalue weighted by Crippen LogP contribution is 2.37. The van der Waals surface area contributed by atoms with E-state index in [4.69, 9.17) is 22.1 Å². The highest BCUT2D eigenvalue weighted by atomic mass is 35.5. The molecule has 0 saturated carbocycles. The number of ketones is 1. The summed E-state index contributed by atoms with van der Waals surface area (Å²) in [5.41, 5.74) is 2.73. The van der Waals surface area contributed by atoms with Crippen LogP contribution in [0.5, 0.6) is 0 Å². The molecule has 0 aliphatic carbocycles. The molecule has 222 valence electrons. The second-order valence-electron chi connectivity index (χ2n) is 8.93. The molecule has 3 N–H and O–H groups in total. The maximum atomic E-state index is 13.6. The molecular formula is C25H23ClF6N4O5. The van der Waals surface area contributed by atoms with E-state index in [1.54, 1.807) is 0 Å². The Bertz CT molecular complexity index is 1440. The van der Waals surface area contributed by atoms with Crippen molar-refractivity contribution in [3.63, 3.8) is 0 Å². The SMILES string of the molecule is NC(=O)OCC(CCC(=O)Cn1nc(-c2ccc(Cl)cc2)n(C[C@H](O)C(F)(F)F)c1=O)c1ccccc1C(F)(F)F. The first-order valence-corrected chi connectivity index (χ1v) is 12.2. The summed E-state index contributed by atoms with van der Waals surface area (Å²) in [6, 6.07) is 10.0. The second-order valence-corrected chi connectivity index (χ2v) is 9.36. The van der Waals surface area contributed by atoms with Crippen molar-refractivity contribution >= 4 is 23.5 Å². The van der Waals surface area contributed by atoms with Crippen LogP contribution in [0.4, 0.5) is 31.1 Å². The summed E-state index contributed by atoms with van der Waals surface area (Å²) in [4.78, 5) is 36.8. The summed E-state index contributed by atoms with van der Waals surface area (Å²) in [5, 5.41) is 13.8. The third-order valence-corrected chi connectivity index (χ3v) is 6.24. The highest BCUT2D eigenvalue weighted by molar-refractivity contribution is 6.30. The zero-order chi connectivity index (χ0) is 30.5. The molecule has 1 heterocycles. The first-order valence-electron chi connectivity index (χ1n) is 11.9. The molecule has 3 rings (SSSR count). The Morgan fingerprint density at radius 1 is 1.05 bits per heavy atom. The molecule has 0 fully saturated rings. The topological polar surface area (TPSA) is 129 Å². The van der Waals surface area contributed by atoms with E-state index in [1.807, 2.05) is 0 Å². The second kappa shape index (κ2) is 12.8. The number of hydrogen-bond acceptors (Lipinski definition) is 6. The van der Waals surface area contributed by atoms with Crippen molar-refractivity contribution < 1.29 is 45.8 Å². The van der Waals surface area contributed by atoms with Crippen LogP contribution >= 0.6 is 11.6 Å². The summed E-state index contributed by atoms with van der Waals surface area (Å²) < 4.78 is 85.6. The van der Waals surface area contributed by atoms with Crippen molar-refractivity contribution in [2.45, 2.75) is 50.3 Å². The summed E-state index contributed by atoms with van der Waals surface area (Å²) in [6.45, 7) is -2.52. The van der Waals surface area contributed by atoms with Crippen LogP contribution in [0, 0.1) is 0 Å². The van der Waals surface area contributed by atoms with Crippen LogP contribution in [0.1, 0.15) is 29.9 Å². The van der Waals surface area contributed by atoms with Crippen molar-refractivity contribution in [1.82, 2.24) is 14.3 Å². The first-order chi connectivity index (χ1) is 19.1. The summed E-state index contributed by atoms with van der Waals surface area (Å²) in [6.07, 6.45) is -14.6. The fourth-order valence-corrected chi connectivity index (χ4v) is 4.13. The molecule has 16 heteroatoms. The van der Waals surface area contributed by atoms with Gasteiger partial charge in [-0.1, -0.05) is 29.8 Å². The largest absolute Gasteiger partial charge is 0.449 e. The van der Waals surface area contributed by atoms with Crippen LogP contribution in [0.25, 0.3) is 11.4 Å². The lowest BCUT2D eigenvalue weighted by Gasteiger charge is -2.21. The third kappa shape index (κ3) is 8.33. The number of amides is 1. The van der Waals surface area contributed by atoms with Crippen molar-refractivity contribution in [1.29, 1.82) is 0 Å². The van der Waals surface area contributed by atoms with Crippen molar-refractivity contribution in [3.8, 4) is 11.4 Å². The minimum Gasteiger partial charge on any atom is -0.449 e. The van der Waals surface area contributed by atoms with Crippen LogP contribution in [0.3, 0.4) is 0 Å². The van der Waals surface area contributed by atoms with Gasteiger partial charge in [0.2, 0.25) is 0 Å². The number of carbonyl (C=O) groups is 2. The van der Waals surface area contributed by atoms with E-state index < -0.39 is 73.6 Å². The highest BCUT2D eigenvalue weighted by Gasteiger charge is 2.39. The van der Waals surface area contributed by atoms with E-state index >= 15 is 0 Å². The molecule has 0 aliphatic rings. The molecule has 1 unspecified atom stereocenters. The van der Waals surface area contributed by atoms with Crippen LogP contribution < -0.4 is 11.4 Å². The monoisotopic (exact) mass is 608 g/mol. The van der Waals surface area contributed by atoms with E-state index in [0.29, 0.717) is 9.25 Å². The van der Waals surface area contributed by atoms with Crippen molar-refractivity contribution in [2.75, 3.05) is 6.61 Å². The Labute approximate surface area is 233 Å². The zero-order valence-corrected chi connectivity index (χ0v) is 21.7. The molecule has 2 aromatic carbocycles. The quantitative estimate of drug-likeness (QED) is 0.308. The van der Waals surface area contributed by atoms with Crippen LogP contribution in [-0.2, 0) is 28.8 Å². The molecule has 0 spiro atoms. The lowest BCUT2D eigenvalue weighted by Crippen LogP contribution is -2.37. The normalized spacial score (nSPS) is 13.6. The molecule has 41 heavy (non-hydrogen) atoms. The predicted octanol–water partition coefficient (Wildman–Crippen LogP) is 4.54. The number of nitrogens with zero attached hydrogens (tertiary/aromatic N) is 3. The van der Waals surface area contributed by atoms with Gasteiger partial charge < -0.3 is 15.6 Å². The van der Waals surface area contributed by atoms with Gasteiger partial charge in [-0.15, -0.1) is 5.10 Å². The van der Waals surface area contributed by atoms with Gasteiger partial charge in [0, 0.05) is 22.9 Å². The van der Waals surface area contributed by atoms with Crippen molar-refractivity contribution in [3.05, 3.63) is 75.2 Å². The lowest BCUT2D eigenvalue weighted by molar-refractivity contribution is -0.207. The molecule has 9 nitrogen and oxygen atoms in total. The number of halogens is 7. The van der Waals surface area contributed by atoms with Crippen LogP contribution in [-0.4, -0.2) is 50.2 Å². The van der Waals surface area contributed by atoms with Crippen LogP contribution in [0.2, 0.25) is 5.02 Å². The number of rotatable bonds is 11. The van der Waals surface area contributed by atoms with Gasteiger partial charge in [-0.05, 0) is 42.3 Å². The number of alkyl halides is 6. The molecule has 1 aromatic heterocycles. The number of ether oxygens (including phenoxy) is 1. The molecular weight excluding hydrogens is 586 g/mol. The molecule has 2 atom stereocenters. The van der Waals surface area contributed by atoms with Gasteiger partial charge in [0.1, 0.15) is 13.2 Å². The summed E-state index contributed by atoms with van der Waals surface area (Å²) >= 11 is 5.84. The fourth-order valence-electron chi connectivity index (χ4n) is 4.00. The van der Waals surface area contributed by atoms with Crippen LogP contribution in [0.15, 0.2) is 53.3 Å². The molecule has 0 aliphatic heterocycles. The predicted molar refractivity (Wildman–Crippen MR) is 133 cm³/mol. The summed E-state index contributed by atoms with van der Waals surface area (Å²) in [5.74, 6) is -2.09. The van der Waals surface area contributed by atoms with Gasteiger partial charge in [-0.25, -0.2) is 14.3 Å². The Morgan fingerprint density at radius 3 is 2.27 bits per heavy atom. The molecule has 1 amide bonds. The number of benzene rings is 2. The van der Waals surface area contributed by atoms with E-state index in [9.17, 15) is 45.8 Å². The lowest BCUT2D eigenvalue weighted by atomic mass is 9.90. The van der Waals surface area contributed by atoms with Gasteiger partial charge in [0.25, 0.3) is 0 Å². The average molecular weight is 609 g/mol. The maximum Gasteiger partial charge on any atom is 0.416 e. The Hall–Kier alpha value is -3.85. The smallest absolute Gasteiger partial charge is 0.416 e. The molecule has 0 radical (unpaired) electrons. The van der Waals surface area contributed by atoms with Crippen molar-refractivity contribution in [2.24, 2.45) is 5.73 Å². The fraction of sp³-hybridized carbons (Fsp3) is 0.360. The molecule has 3 aromatic rings. The number of primary amides is 1.